The first-order valence-corrected chi connectivity index (χ1v) is 10.1. The number of piperidine rings is 1. The average Bonchev–Trinajstić information content (AvgIpc) is 2.74. The summed E-state index contributed by atoms with van der Waals surface area (Å²) in [5, 5.41) is 11.7. The number of hydrogen-bond acceptors (Lipinski definition) is 4. The fraction of sp³-hybridized carbons (Fsp3) is 0.333. The molecule has 1 N–H and O–H groups in total. The van der Waals surface area contributed by atoms with Gasteiger partial charge in [0.05, 0.1) is 12.0 Å². The van der Waals surface area contributed by atoms with Gasteiger partial charge in [0.15, 0.2) is 0 Å². The van der Waals surface area contributed by atoms with E-state index in [-0.39, 0.29) is 12.0 Å². The molecule has 1 aliphatic heterocycles. The van der Waals surface area contributed by atoms with E-state index in [0.29, 0.717) is 12.8 Å². The van der Waals surface area contributed by atoms with E-state index in [1.807, 2.05) is 32.6 Å². The minimum atomic E-state index is -0.672. The van der Waals surface area contributed by atoms with Crippen molar-refractivity contribution in [2.75, 3.05) is 32.1 Å². The minimum absolute atomic E-state index is 0.110. The molecule has 1 aliphatic rings. The fourth-order valence-corrected chi connectivity index (χ4v) is 4.25. The highest BCUT2D eigenvalue weighted by molar-refractivity contribution is 5.82. The highest BCUT2D eigenvalue weighted by Gasteiger charge is 2.30. The molecule has 1 fully saturated rings. The number of hydrogen-bond donors (Lipinski definition) is 1. The normalized spacial score (nSPS) is 16.6. The van der Waals surface area contributed by atoms with Crippen molar-refractivity contribution in [2.45, 2.75) is 18.9 Å². The predicted octanol–water partition coefficient (Wildman–Crippen LogP) is 4.19. The van der Waals surface area contributed by atoms with E-state index in [1.54, 1.807) is 0 Å². The van der Waals surface area contributed by atoms with Crippen LogP contribution in [0.1, 0.15) is 30.0 Å². The number of anilines is 1. The molecule has 4 rings (SSSR count). The van der Waals surface area contributed by atoms with Gasteiger partial charge in [0.2, 0.25) is 0 Å². The van der Waals surface area contributed by atoms with Crippen molar-refractivity contribution in [1.29, 1.82) is 0 Å². The second-order valence-corrected chi connectivity index (χ2v) is 8.02. The zero-order chi connectivity index (χ0) is 20.4. The van der Waals surface area contributed by atoms with E-state index >= 15 is 0 Å². The Hall–Kier alpha value is -2.92. The molecule has 1 unspecified atom stereocenters. The zero-order valence-corrected chi connectivity index (χ0v) is 17.0. The van der Waals surface area contributed by atoms with Crippen LogP contribution in [0.15, 0.2) is 60.9 Å². The maximum Gasteiger partial charge on any atom is 0.306 e. The third-order valence-corrected chi connectivity index (χ3v) is 5.95. The molecule has 2 heterocycles. The molecule has 1 saturated heterocycles. The Bertz CT molecular complexity index is 992. The quantitative estimate of drug-likeness (QED) is 0.709. The van der Waals surface area contributed by atoms with Crippen LogP contribution in [-0.4, -0.2) is 48.1 Å². The molecule has 2 aromatic carbocycles. The predicted molar refractivity (Wildman–Crippen MR) is 116 cm³/mol. The molecule has 0 aliphatic carbocycles. The van der Waals surface area contributed by atoms with Crippen molar-refractivity contribution in [1.82, 2.24) is 9.88 Å². The topological polar surface area (TPSA) is 56.7 Å². The first kappa shape index (κ1) is 19.4. The summed E-state index contributed by atoms with van der Waals surface area (Å²) in [7, 11) is 4.08. The summed E-state index contributed by atoms with van der Waals surface area (Å²) >= 11 is 0. The van der Waals surface area contributed by atoms with Crippen molar-refractivity contribution in [3.8, 4) is 0 Å². The van der Waals surface area contributed by atoms with Crippen LogP contribution in [-0.2, 0) is 4.79 Å². The number of pyridine rings is 1. The molecule has 0 spiro atoms. The summed E-state index contributed by atoms with van der Waals surface area (Å²) in [6.45, 7) is 1.57. The van der Waals surface area contributed by atoms with Crippen LogP contribution < -0.4 is 4.90 Å². The van der Waals surface area contributed by atoms with Crippen LogP contribution in [0.2, 0.25) is 0 Å². The maximum atomic E-state index is 11.4. The van der Waals surface area contributed by atoms with Crippen LogP contribution in [0.4, 0.5) is 5.69 Å². The van der Waals surface area contributed by atoms with E-state index in [1.165, 1.54) is 22.2 Å². The molecule has 5 nitrogen and oxygen atoms in total. The highest BCUT2D eigenvalue weighted by atomic mass is 16.4. The van der Waals surface area contributed by atoms with Gasteiger partial charge >= 0.3 is 5.97 Å². The van der Waals surface area contributed by atoms with Crippen molar-refractivity contribution < 1.29 is 9.90 Å². The zero-order valence-electron chi connectivity index (χ0n) is 17.0. The molecule has 0 radical (unpaired) electrons. The van der Waals surface area contributed by atoms with E-state index in [4.69, 9.17) is 0 Å². The second-order valence-electron chi connectivity index (χ2n) is 8.02. The first-order valence-electron chi connectivity index (χ1n) is 10.1. The van der Waals surface area contributed by atoms with Crippen LogP contribution in [0.3, 0.4) is 0 Å². The fourth-order valence-electron chi connectivity index (χ4n) is 4.25. The largest absolute Gasteiger partial charge is 0.481 e. The van der Waals surface area contributed by atoms with Crippen molar-refractivity contribution in [2.24, 2.45) is 5.92 Å². The van der Waals surface area contributed by atoms with Gasteiger partial charge in [0, 0.05) is 37.6 Å². The number of carboxylic acids is 1. The number of carbonyl (C=O) groups is 1. The van der Waals surface area contributed by atoms with E-state index < -0.39 is 5.97 Å². The Balaban J connectivity index is 1.71. The van der Waals surface area contributed by atoms with Gasteiger partial charge in [0.25, 0.3) is 0 Å². The summed E-state index contributed by atoms with van der Waals surface area (Å²) < 4.78 is 0. The molecule has 0 saturated carbocycles. The van der Waals surface area contributed by atoms with E-state index in [0.717, 1.165) is 18.5 Å². The first-order chi connectivity index (χ1) is 14.0. The average molecular weight is 389 g/mol. The van der Waals surface area contributed by atoms with Gasteiger partial charge in [-0.05, 0) is 66.7 Å². The molecular formula is C24H27N3O2. The number of likely N-dealkylation sites (tertiary alicyclic amines) is 1. The van der Waals surface area contributed by atoms with Crippen LogP contribution in [0.5, 0.6) is 0 Å². The van der Waals surface area contributed by atoms with Gasteiger partial charge in [-0.2, -0.15) is 0 Å². The third kappa shape index (κ3) is 4.10. The third-order valence-electron chi connectivity index (χ3n) is 5.95. The Morgan fingerprint density at radius 3 is 2.38 bits per heavy atom. The Kier molecular flexibility index (Phi) is 5.49. The van der Waals surface area contributed by atoms with Gasteiger partial charge in [-0.25, -0.2) is 0 Å². The van der Waals surface area contributed by atoms with Gasteiger partial charge in [-0.1, -0.05) is 24.3 Å². The molecular weight excluding hydrogens is 362 g/mol. The van der Waals surface area contributed by atoms with Crippen LogP contribution in [0.25, 0.3) is 10.8 Å². The Morgan fingerprint density at radius 2 is 1.72 bits per heavy atom. The summed E-state index contributed by atoms with van der Waals surface area (Å²) in [6.07, 6.45) is 5.10. The number of aromatic nitrogens is 1. The smallest absolute Gasteiger partial charge is 0.306 e. The number of aliphatic carboxylic acids is 1. The van der Waals surface area contributed by atoms with Crippen molar-refractivity contribution in [3.05, 3.63) is 72.1 Å². The second kappa shape index (κ2) is 8.21. The molecule has 1 atom stereocenters. The Labute approximate surface area is 171 Å². The summed E-state index contributed by atoms with van der Waals surface area (Å²) in [6, 6.07) is 17.4. The number of fused-ring (bicyclic) bond motifs is 1. The monoisotopic (exact) mass is 389 g/mol. The van der Waals surface area contributed by atoms with Crippen molar-refractivity contribution in [3.63, 3.8) is 0 Å². The lowest BCUT2D eigenvalue weighted by molar-refractivity contribution is -0.143. The molecule has 3 aromatic rings. The minimum Gasteiger partial charge on any atom is -0.481 e. The maximum absolute atomic E-state index is 11.4. The van der Waals surface area contributed by atoms with Gasteiger partial charge in [0.1, 0.15) is 0 Å². The number of nitrogens with zero attached hydrogens (tertiary/aromatic N) is 3. The van der Waals surface area contributed by atoms with Crippen molar-refractivity contribution >= 4 is 22.4 Å². The van der Waals surface area contributed by atoms with Gasteiger partial charge in [-0.3, -0.25) is 14.7 Å². The summed E-state index contributed by atoms with van der Waals surface area (Å²) in [4.78, 5) is 20.1. The number of rotatable bonds is 5. The van der Waals surface area contributed by atoms with E-state index in [9.17, 15) is 9.90 Å². The van der Waals surface area contributed by atoms with Crippen LogP contribution in [0, 0.1) is 5.92 Å². The standard InChI is InChI=1S/C24H27N3O2/c1-26(2)22-7-5-17(6-8-22)23(27-13-10-18(11-14-27)24(28)29)20-3-4-21-16-25-12-9-19(21)15-20/h3-9,12,15-16,18,23H,10-11,13-14H2,1-2H3,(H,28,29). The molecule has 5 heteroatoms. The Morgan fingerprint density at radius 1 is 1.03 bits per heavy atom. The highest BCUT2D eigenvalue weighted by Crippen LogP contribution is 2.34. The lowest BCUT2D eigenvalue weighted by Gasteiger charge is -2.37. The van der Waals surface area contributed by atoms with Gasteiger partial charge < -0.3 is 10.0 Å². The number of carboxylic acid groups (broad SMARTS) is 1. The molecule has 1 aromatic heterocycles. The van der Waals surface area contributed by atoms with Gasteiger partial charge in [-0.15, -0.1) is 0 Å². The SMILES string of the molecule is CN(C)c1ccc(C(c2ccc3cnccc3c2)N2CCC(C(=O)O)CC2)cc1. The molecule has 0 bridgehead atoms. The van der Waals surface area contributed by atoms with E-state index in [2.05, 4.69) is 57.2 Å². The lowest BCUT2D eigenvalue weighted by atomic mass is 9.90. The number of benzene rings is 2. The summed E-state index contributed by atoms with van der Waals surface area (Å²) in [5.74, 6) is -0.902. The summed E-state index contributed by atoms with van der Waals surface area (Å²) in [5.41, 5.74) is 3.63. The molecule has 150 valence electrons. The molecule has 0 amide bonds. The lowest BCUT2D eigenvalue weighted by Crippen LogP contribution is -2.39. The molecule has 29 heavy (non-hydrogen) atoms. The van der Waals surface area contributed by atoms with Crippen LogP contribution >= 0.6 is 0 Å².